The summed E-state index contributed by atoms with van der Waals surface area (Å²) in [7, 11) is 1.68. The summed E-state index contributed by atoms with van der Waals surface area (Å²) >= 11 is 5.54. The zero-order valence-corrected chi connectivity index (χ0v) is 14.7. The van der Waals surface area contributed by atoms with Gasteiger partial charge in [-0.1, -0.05) is 0 Å². The lowest BCUT2D eigenvalue weighted by Gasteiger charge is -2.15. The summed E-state index contributed by atoms with van der Waals surface area (Å²) in [5.74, 6) is 1.56. The summed E-state index contributed by atoms with van der Waals surface area (Å²) in [5.41, 5.74) is 1.20. The molecule has 20 heavy (non-hydrogen) atoms. The van der Waals surface area contributed by atoms with E-state index in [9.17, 15) is 0 Å². The number of hydrogen-bond donors (Lipinski definition) is 1. The third kappa shape index (κ3) is 3.83. The SMILES string of the molecule is CCOc1c(Br)cc(CNCC2(SC)CC2)cc1OC. The van der Waals surface area contributed by atoms with Gasteiger partial charge in [-0.15, -0.1) is 0 Å². The average Bonchev–Trinajstić information content (AvgIpc) is 3.22. The van der Waals surface area contributed by atoms with Crippen molar-refractivity contribution in [1.29, 1.82) is 0 Å². The first-order chi connectivity index (χ1) is 9.64. The van der Waals surface area contributed by atoms with Gasteiger partial charge >= 0.3 is 0 Å². The molecule has 2 rings (SSSR count). The van der Waals surface area contributed by atoms with E-state index in [0.29, 0.717) is 11.4 Å². The summed E-state index contributed by atoms with van der Waals surface area (Å²) < 4.78 is 12.5. The molecule has 0 spiro atoms. The highest BCUT2D eigenvalue weighted by atomic mass is 79.9. The van der Waals surface area contributed by atoms with Gasteiger partial charge in [0.25, 0.3) is 0 Å². The maximum atomic E-state index is 5.60. The van der Waals surface area contributed by atoms with Crippen LogP contribution in [0, 0.1) is 0 Å². The van der Waals surface area contributed by atoms with Crippen LogP contribution in [-0.2, 0) is 6.54 Å². The van der Waals surface area contributed by atoms with E-state index in [2.05, 4.69) is 33.6 Å². The van der Waals surface area contributed by atoms with E-state index >= 15 is 0 Å². The van der Waals surface area contributed by atoms with E-state index in [1.54, 1.807) is 7.11 Å². The summed E-state index contributed by atoms with van der Waals surface area (Å²) in [6.45, 7) is 4.52. The summed E-state index contributed by atoms with van der Waals surface area (Å²) in [5, 5.41) is 3.55. The molecule has 3 nitrogen and oxygen atoms in total. The Morgan fingerprint density at radius 3 is 2.70 bits per heavy atom. The highest BCUT2D eigenvalue weighted by Gasteiger charge is 2.41. The fourth-order valence-corrected chi connectivity index (χ4v) is 3.55. The lowest BCUT2D eigenvalue weighted by Crippen LogP contribution is -2.25. The van der Waals surface area contributed by atoms with E-state index in [0.717, 1.165) is 29.1 Å². The molecule has 0 amide bonds. The van der Waals surface area contributed by atoms with Crippen molar-refractivity contribution in [3.8, 4) is 11.5 Å². The third-order valence-electron chi connectivity index (χ3n) is 3.59. The molecule has 5 heteroatoms. The van der Waals surface area contributed by atoms with Crippen LogP contribution >= 0.6 is 27.7 Å². The van der Waals surface area contributed by atoms with Gasteiger partial charge in [0.1, 0.15) is 0 Å². The second-order valence-corrected chi connectivity index (χ2v) is 7.16. The molecular weight excluding hydrogens is 338 g/mol. The van der Waals surface area contributed by atoms with Crippen LogP contribution in [0.2, 0.25) is 0 Å². The van der Waals surface area contributed by atoms with Crippen molar-refractivity contribution in [3.05, 3.63) is 22.2 Å². The van der Waals surface area contributed by atoms with Crippen LogP contribution in [-0.4, -0.2) is 31.3 Å². The van der Waals surface area contributed by atoms with Gasteiger partial charge in [0, 0.05) is 17.8 Å². The van der Waals surface area contributed by atoms with Gasteiger partial charge in [-0.25, -0.2) is 0 Å². The zero-order chi connectivity index (χ0) is 14.6. The second-order valence-electron chi connectivity index (χ2n) is 5.03. The Hall–Kier alpha value is -0.390. The Morgan fingerprint density at radius 1 is 1.40 bits per heavy atom. The minimum atomic E-state index is 0.493. The quantitative estimate of drug-likeness (QED) is 0.763. The van der Waals surface area contributed by atoms with Crippen LogP contribution < -0.4 is 14.8 Å². The molecular formula is C15H22BrNO2S. The van der Waals surface area contributed by atoms with Crippen LogP contribution in [0.1, 0.15) is 25.3 Å². The number of nitrogens with one attached hydrogen (secondary N) is 1. The molecule has 1 aliphatic rings. The lowest BCUT2D eigenvalue weighted by molar-refractivity contribution is 0.308. The Labute approximate surface area is 133 Å². The molecule has 0 aliphatic heterocycles. The van der Waals surface area contributed by atoms with E-state index in [-0.39, 0.29) is 0 Å². The van der Waals surface area contributed by atoms with Crippen molar-refractivity contribution in [2.75, 3.05) is 26.5 Å². The fraction of sp³-hybridized carbons (Fsp3) is 0.600. The highest BCUT2D eigenvalue weighted by molar-refractivity contribution is 9.10. The topological polar surface area (TPSA) is 30.5 Å². The Kier molecular flexibility index (Phi) is 5.64. The Balaban J connectivity index is 1.99. The van der Waals surface area contributed by atoms with Crippen LogP contribution in [0.3, 0.4) is 0 Å². The van der Waals surface area contributed by atoms with Crippen LogP contribution in [0.4, 0.5) is 0 Å². The van der Waals surface area contributed by atoms with E-state index in [1.807, 2.05) is 24.8 Å². The maximum absolute atomic E-state index is 5.60. The van der Waals surface area contributed by atoms with Gasteiger partial charge in [0.2, 0.25) is 0 Å². The Bertz CT molecular complexity index is 463. The van der Waals surface area contributed by atoms with Crippen molar-refractivity contribution in [1.82, 2.24) is 5.32 Å². The monoisotopic (exact) mass is 359 g/mol. The molecule has 1 aliphatic carbocycles. The highest BCUT2D eigenvalue weighted by Crippen LogP contribution is 2.46. The molecule has 112 valence electrons. The molecule has 1 aromatic carbocycles. The van der Waals surface area contributed by atoms with Crippen molar-refractivity contribution in [2.45, 2.75) is 31.1 Å². The van der Waals surface area contributed by atoms with Crippen molar-refractivity contribution in [2.24, 2.45) is 0 Å². The third-order valence-corrected chi connectivity index (χ3v) is 5.60. The van der Waals surface area contributed by atoms with Crippen LogP contribution in [0.15, 0.2) is 16.6 Å². The average molecular weight is 360 g/mol. The van der Waals surface area contributed by atoms with E-state index in [4.69, 9.17) is 9.47 Å². The molecule has 1 N–H and O–H groups in total. The van der Waals surface area contributed by atoms with Crippen molar-refractivity contribution >= 4 is 27.7 Å². The number of halogens is 1. The molecule has 0 radical (unpaired) electrons. The molecule has 1 saturated carbocycles. The van der Waals surface area contributed by atoms with Crippen molar-refractivity contribution < 1.29 is 9.47 Å². The first kappa shape index (κ1) is 16.0. The molecule has 0 atom stereocenters. The maximum Gasteiger partial charge on any atom is 0.175 e. The summed E-state index contributed by atoms with van der Waals surface area (Å²) in [6.07, 6.45) is 4.86. The number of hydrogen-bond acceptors (Lipinski definition) is 4. The standard InChI is InChI=1S/C15H22BrNO2S/c1-4-19-14-12(16)7-11(8-13(14)18-2)9-17-10-15(20-3)5-6-15/h7-8,17H,4-6,9-10H2,1-3H3. The largest absolute Gasteiger partial charge is 0.493 e. The molecule has 0 saturated heterocycles. The summed E-state index contributed by atoms with van der Waals surface area (Å²) in [4.78, 5) is 0. The first-order valence-electron chi connectivity index (χ1n) is 6.89. The number of thioether (sulfide) groups is 1. The zero-order valence-electron chi connectivity index (χ0n) is 12.3. The lowest BCUT2D eigenvalue weighted by atomic mass is 10.2. The minimum absolute atomic E-state index is 0.493. The van der Waals surface area contributed by atoms with E-state index in [1.165, 1.54) is 18.4 Å². The number of benzene rings is 1. The minimum Gasteiger partial charge on any atom is -0.493 e. The van der Waals surface area contributed by atoms with Crippen molar-refractivity contribution in [3.63, 3.8) is 0 Å². The molecule has 1 aromatic rings. The van der Waals surface area contributed by atoms with Gasteiger partial charge in [0.15, 0.2) is 11.5 Å². The van der Waals surface area contributed by atoms with Crippen LogP contribution in [0.5, 0.6) is 11.5 Å². The normalized spacial score (nSPS) is 16.0. The first-order valence-corrected chi connectivity index (χ1v) is 8.91. The predicted molar refractivity (Wildman–Crippen MR) is 89.0 cm³/mol. The molecule has 0 aromatic heterocycles. The van der Waals surface area contributed by atoms with Gasteiger partial charge < -0.3 is 14.8 Å². The number of ether oxygens (including phenoxy) is 2. The number of rotatable bonds is 8. The fourth-order valence-electron chi connectivity index (χ4n) is 2.19. The van der Waals surface area contributed by atoms with Gasteiger partial charge in [-0.05, 0) is 59.6 Å². The van der Waals surface area contributed by atoms with Crippen LogP contribution in [0.25, 0.3) is 0 Å². The van der Waals surface area contributed by atoms with E-state index < -0.39 is 0 Å². The molecule has 0 unspecified atom stereocenters. The second kappa shape index (κ2) is 7.05. The molecule has 1 fully saturated rings. The molecule has 0 bridgehead atoms. The molecule has 0 heterocycles. The van der Waals surface area contributed by atoms with Gasteiger partial charge in [-0.2, -0.15) is 11.8 Å². The predicted octanol–water partition coefficient (Wildman–Crippen LogP) is 3.84. The van der Waals surface area contributed by atoms with Gasteiger partial charge in [0.05, 0.1) is 18.2 Å². The summed E-state index contributed by atoms with van der Waals surface area (Å²) in [6, 6.07) is 4.14. The Morgan fingerprint density at radius 2 is 2.15 bits per heavy atom. The van der Waals surface area contributed by atoms with Gasteiger partial charge in [-0.3, -0.25) is 0 Å². The number of methoxy groups -OCH3 is 1. The smallest absolute Gasteiger partial charge is 0.175 e.